The van der Waals surface area contributed by atoms with Crippen molar-refractivity contribution in [2.24, 2.45) is 0 Å². The normalized spacial score (nSPS) is 13.1. The van der Waals surface area contributed by atoms with Crippen LogP contribution in [0.25, 0.3) is 0 Å². The molecule has 1 aromatic carbocycles. The van der Waals surface area contributed by atoms with Crippen molar-refractivity contribution >= 4 is 23.5 Å². The first-order chi connectivity index (χ1) is 12.0. The summed E-state index contributed by atoms with van der Waals surface area (Å²) >= 11 is 0. The van der Waals surface area contributed by atoms with Gasteiger partial charge in [-0.1, -0.05) is 12.1 Å². The van der Waals surface area contributed by atoms with Crippen LogP contribution < -0.4 is 9.64 Å². The Morgan fingerprint density at radius 3 is 2.92 bits per heavy atom. The van der Waals surface area contributed by atoms with Gasteiger partial charge in [0.15, 0.2) is 6.61 Å². The summed E-state index contributed by atoms with van der Waals surface area (Å²) in [7, 11) is 1.53. The molecule has 0 N–H and O–H groups in total. The highest BCUT2D eigenvalue weighted by Gasteiger charge is 2.26. The molecule has 0 aliphatic carbocycles. The van der Waals surface area contributed by atoms with Gasteiger partial charge in [0, 0.05) is 13.6 Å². The molecule has 2 rings (SSSR count). The van der Waals surface area contributed by atoms with Crippen molar-refractivity contribution in [2.45, 2.75) is 12.8 Å². The highest BCUT2D eigenvalue weighted by atomic mass is 16.5. The van der Waals surface area contributed by atoms with Crippen LogP contribution in [0, 0.1) is 11.3 Å². The Kier molecular flexibility index (Phi) is 6.34. The second kappa shape index (κ2) is 8.68. The molecule has 8 nitrogen and oxygen atoms in total. The summed E-state index contributed by atoms with van der Waals surface area (Å²) in [6, 6.07) is 8.87. The van der Waals surface area contributed by atoms with Gasteiger partial charge in [-0.05, 0) is 12.1 Å². The summed E-state index contributed by atoms with van der Waals surface area (Å²) in [6.07, 6.45) is 0.354. The number of carbonyl (C=O) groups excluding carboxylic acids is 3. The largest absolute Gasteiger partial charge is 0.491 e. The monoisotopic (exact) mass is 345 g/mol. The lowest BCUT2D eigenvalue weighted by Gasteiger charge is -2.21. The molecule has 0 aromatic heterocycles. The molecular formula is C17H19N3O5. The van der Waals surface area contributed by atoms with Gasteiger partial charge < -0.3 is 14.4 Å². The molecule has 1 aliphatic rings. The number of carbonyl (C=O) groups is 3. The Labute approximate surface area is 145 Å². The van der Waals surface area contributed by atoms with E-state index >= 15 is 0 Å². The minimum Gasteiger partial charge on any atom is -0.491 e. The molecule has 25 heavy (non-hydrogen) atoms. The Morgan fingerprint density at radius 1 is 1.40 bits per heavy atom. The molecule has 8 heteroatoms. The van der Waals surface area contributed by atoms with Crippen LogP contribution in [0.2, 0.25) is 0 Å². The van der Waals surface area contributed by atoms with Gasteiger partial charge in [0.1, 0.15) is 12.3 Å². The van der Waals surface area contributed by atoms with Crippen LogP contribution in [-0.4, -0.2) is 56.0 Å². The van der Waals surface area contributed by atoms with Crippen LogP contribution in [0.5, 0.6) is 5.75 Å². The van der Waals surface area contributed by atoms with Gasteiger partial charge in [-0.2, -0.15) is 5.26 Å². The molecular weight excluding hydrogens is 326 g/mol. The van der Waals surface area contributed by atoms with Gasteiger partial charge in [-0.3, -0.25) is 19.3 Å². The van der Waals surface area contributed by atoms with E-state index in [4.69, 9.17) is 14.7 Å². The quantitative estimate of drug-likeness (QED) is 0.704. The zero-order valence-corrected chi connectivity index (χ0v) is 13.9. The van der Waals surface area contributed by atoms with Gasteiger partial charge in [0.25, 0.3) is 5.91 Å². The summed E-state index contributed by atoms with van der Waals surface area (Å²) < 4.78 is 10.5. The first-order valence-electron chi connectivity index (χ1n) is 7.81. The van der Waals surface area contributed by atoms with Gasteiger partial charge in [0.2, 0.25) is 5.91 Å². The molecule has 0 unspecified atom stereocenters. The number of esters is 1. The van der Waals surface area contributed by atoms with Gasteiger partial charge >= 0.3 is 5.97 Å². The maximum Gasteiger partial charge on any atom is 0.326 e. The smallest absolute Gasteiger partial charge is 0.326 e. The number of para-hydroxylation sites is 2. The maximum atomic E-state index is 12.2. The molecule has 0 radical (unpaired) electrons. The number of rotatable bonds is 6. The second-order valence-electron chi connectivity index (χ2n) is 5.43. The van der Waals surface area contributed by atoms with Crippen LogP contribution in [0.4, 0.5) is 5.69 Å². The number of ether oxygens (including phenoxy) is 2. The van der Waals surface area contributed by atoms with Crippen molar-refractivity contribution in [2.75, 3.05) is 38.3 Å². The first kappa shape index (κ1) is 18.3. The SMILES string of the molecule is CN(CCC#N)C(=O)COC(=O)CN1C(=O)CCOc2ccccc21. The number of hydrogen-bond acceptors (Lipinski definition) is 6. The summed E-state index contributed by atoms with van der Waals surface area (Å²) in [5.41, 5.74) is 0.499. The molecule has 1 aromatic rings. The van der Waals surface area contributed by atoms with Gasteiger partial charge in [-0.15, -0.1) is 0 Å². The van der Waals surface area contributed by atoms with E-state index in [9.17, 15) is 14.4 Å². The van der Waals surface area contributed by atoms with Crippen LogP contribution >= 0.6 is 0 Å². The van der Waals surface area contributed by atoms with Crippen LogP contribution in [0.3, 0.4) is 0 Å². The molecule has 132 valence electrons. The number of benzene rings is 1. The topological polar surface area (TPSA) is 99.9 Å². The average Bonchev–Trinajstić information content (AvgIpc) is 2.77. The Bertz CT molecular complexity index is 698. The van der Waals surface area contributed by atoms with E-state index in [0.29, 0.717) is 11.4 Å². The summed E-state index contributed by atoms with van der Waals surface area (Å²) in [6.45, 7) is -0.221. The molecule has 0 spiro atoms. The van der Waals surface area contributed by atoms with Gasteiger partial charge in [-0.25, -0.2) is 0 Å². The molecule has 0 saturated carbocycles. The Hall–Kier alpha value is -3.08. The minimum atomic E-state index is -0.688. The molecule has 1 heterocycles. The number of nitriles is 1. The number of anilines is 1. The lowest BCUT2D eigenvalue weighted by atomic mass is 10.2. The summed E-state index contributed by atoms with van der Waals surface area (Å²) in [5, 5.41) is 8.50. The molecule has 1 aliphatic heterocycles. The highest BCUT2D eigenvalue weighted by molar-refractivity contribution is 5.99. The summed E-state index contributed by atoms with van der Waals surface area (Å²) in [5.74, 6) is -0.825. The van der Waals surface area contributed by atoms with E-state index in [-0.39, 0.29) is 38.4 Å². The van der Waals surface area contributed by atoms with Crippen molar-refractivity contribution in [1.82, 2.24) is 4.90 Å². The predicted molar refractivity (Wildman–Crippen MR) is 87.7 cm³/mol. The van der Waals surface area contributed by atoms with E-state index in [0.717, 1.165) is 0 Å². The predicted octanol–water partition coefficient (Wildman–Crippen LogP) is 0.717. The first-order valence-corrected chi connectivity index (χ1v) is 7.81. The number of likely N-dealkylation sites (N-methyl/N-ethyl adjacent to an activating group) is 1. The van der Waals surface area contributed by atoms with Gasteiger partial charge in [0.05, 0.1) is 31.2 Å². The molecule has 2 amide bonds. The van der Waals surface area contributed by atoms with Crippen molar-refractivity contribution in [3.05, 3.63) is 24.3 Å². The highest BCUT2D eigenvalue weighted by Crippen LogP contribution is 2.30. The molecule has 0 saturated heterocycles. The second-order valence-corrected chi connectivity index (χ2v) is 5.43. The van der Waals surface area contributed by atoms with Crippen LogP contribution in [-0.2, 0) is 19.1 Å². The number of nitrogens with zero attached hydrogens (tertiary/aromatic N) is 3. The van der Waals surface area contributed by atoms with E-state index in [2.05, 4.69) is 0 Å². The lowest BCUT2D eigenvalue weighted by molar-refractivity contribution is -0.150. The standard InChI is InChI=1S/C17H19N3O5/c1-19(9-4-8-18)16(22)12-25-17(23)11-20-13-5-2-3-6-14(13)24-10-7-15(20)21/h2-3,5-6H,4,7,9-12H2,1H3. The van der Waals surface area contributed by atoms with Crippen LogP contribution in [0.15, 0.2) is 24.3 Å². The molecule has 0 bridgehead atoms. The third kappa shape index (κ3) is 4.94. The molecule has 0 atom stereocenters. The zero-order chi connectivity index (χ0) is 18.2. The number of amides is 2. The van der Waals surface area contributed by atoms with E-state index in [1.54, 1.807) is 24.3 Å². The minimum absolute atomic E-state index is 0.151. The fraction of sp³-hybridized carbons (Fsp3) is 0.412. The van der Waals surface area contributed by atoms with E-state index in [1.165, 1.54) is 16.8 Å². The zero-order valence-electron chi connectivity index (χ0n) is 13.9. The third-order valence-corrected chi connectivity index (χ3v) is 3.66. The summed E-state index contributed by atoms with van der Waals surface area (Å²) in [4.78, 5) is 38.7. The van der Waals surface area contributed by atoms with Crippen molar-refractivity contribution in [3.63, 3.8) is 0 Å². The van der Waals surface area contributed by atoms with Crippen LogP contribution in [0.1, 0.15) is 12.8 Å². The third-order valence-electron chi connectivity index (χ3n) is 3.66. The number of fused-ring (bicyclic) bond motifs is 1. The molecule has 0 fully saturated rings. The van der Waals surface area contributed by atoms with Crippen molar-refractivity contribution in [3.8, 4) is 11.8 Å². The lowest BCUT2D eigenvalue weighted by Crippen LogP contribution is -2.38. The average molecular weight is 345 g/mol. The van der Waals surface area contributed by atoms with Crippen molar-refractivity contribution < 1.29 is 23.9 Å². The number of hydrogen-bond donors (Lipinski definition) is 0. The van der Waals surface area contributed by atoms with Crippen molar-refractivity contribution in [1.29, 1.82) is 5.26 Å². The van der Waals surface area contributed by atoms with E-state index in [1.807, 2.05) is 6.07 Å². The Morgan fingerprint density at radius 2 is 2.16 bits per heavy atom. The maximum absolute atomic E-state index is 12.2. The fourth-order valence-corrected chi connectivity index (χ4v) is 2.26. The fourth-order valence-electron chi connectivity index (χ4n) is 2.26. The van der Waals surface area contributed by atoms with E-state index < -0.39 is 18.5 Å². The Balaban J connectivity index is 1.94.